The van der Waals surface area contributed by atoms with Crippen molar-refractivity contribution in [2.75, 3.05) is 6.61 Å². The van der Waals surface area contributed by atoms with Gasteiger partial charge in [0.2, 0.25) is 0 Å². The van der Waals surface area contributed by atoms with Crippen molar-refractivity contribution < 1.29 is 14.3 Å². The summed E-state index contributed by atoms with van der Waals surface area (Å²) < 4.78 is 5.11. The molecule has 7 nitrogen and oxygen atoms in total. The molecule has 2 aromatic rings. The number of carbonyl (C=O) groups is 2. The molecule has 0 saturated heterocycles. The number of hydrogen-bond acceptors (Lipinski definition) is 5. The van der Waals surface area contributed by atoms with E-state index in [1.54, 1.807) is 24.3 Å². The number of fused-ring (bicyclic) bond motifs is 1. The third kappa shape index (κ3) is 3.76. The summed E-state index contributed by atoms with van der Waals surface area (Å²) in [5.41, 5.74) is -0.386. The van der Waals surface area contributed by atoms with Crippen LogP contribution in [-0.2, 0) is 9.53 Å². The van der Waals surface area contributed by atoms with Crippen molar-refractivity contribution in [1.82, 2.24) is 15.5 Å². The maximum atomic E-state index is 12.3. The zero-order valence-corrected chi connectivity index (χ0v) is 15.0. The predicted octanol–water partition coefficient (Wildman–Crippen LogP) is 2.02. The Hall–Kier alpha value is -2.70. The summed E-state index contributed by atoms with van der Waals surface area (Å²) in [6, 6.07) is 6.74. The number of nitrogens with zero attached hydrogens (tertiary/aromatic N) is 1. The molecular formula is C19H23N3O4. The maximum absolute atomic E-state index is 12.3. The summed E-state index contributed by atoms with van der Waals surface area (Å²) >= 11 is 0. The van der Waals surface area contributed by atoms with E-state index in [2.05, 4.69) is 29.4 Å². The molecule has 3 rings (SSSR count). The largest absolute Gasteiger partial charge is 0.451 e. The lowest BCUT2D eigenvalue weighted by molar-refractivity contribution is -0.125. The minimum absolute atomic E-state index is 0.00680. The molecule has 1 heterocycles. The molecule has 1 aromatic heterocycles. The summed E-state index contributed by atoms with van der Waals surface area (Å²) in [5.74, 6) is -0.0998. The predicted molar refractivity (Wildman–Crippen MR) is 96.8 cm³/mol. The van der Waals surface area contributed by atoms with Gasteiger partial charge in [0.05, 0.1) is 5.39 Å². The second-order valence-corrected chi connectivity index (χ2v) is 6.96. The van der Waals surface area contributed by atoms with Gasteiger partial charge >= 0.3 is 5.97 Å². The summed E-state index contributed by atoms with van der Waals surface area (Å²) in [7, 11) is 0. The van der Waals surface area contributed by atoms with E-state index in [9.17, 15) is 14.4 Å². The summed E-state index contributed by atoms with van der Waals surface area (Å²) in [4.78, 5) is 36.2. The van der Waals surface area contributed by atoms with E-state index in [4.69, 9.17) is 4.74 Å². The molecule has 0 unspecified atom stereocenters. The minimum Gasteiger partial charge on any atom is -0.451 e. The van der Waals surface area contributed by atoms with Crippen LogP contribution in [0.1, 0.15) is 43.6 Å². The van der Waals surface area contributed by atoms with Crippen molar-refractivity contribution in [1.29, 1.82) is 0 Å². The van der Waals surface area contributed by atoms with Gasteiger partial charge < -0.3 is 10.1 Å². The van der Waals surface area contributed by atoms with Crippen LogP contribution < -0.4 is 10.9 Å². The van der Waals surface area contributed by atoms with Crippen LogP contribution in [0, 0.1) is 11.8 Å². The Balaban J connectivity index is 1.63. The number of amides is 1. The van der Waals surface area contributed by atoms with Crippen molar-refractivity contribution >= 4 is 22.6 Å². The lowest BCUT2D eigenvalue weighted by Crippen LogP contribution is -2.45. The number of ether oxygens (including phenoxy) is 1. The fraction of sp³-hybridized carbons (Fsp3) is 0.474. The molecule has 1 aliphatic carbocycles. The van der Waals surface area contributed by atoms with Crippen molar-refractivity contribution in [3.8, 4) is 0 Å². The highest BCUT2D eigenvalue weighted by Crippen LogP contribution is 2.29. The fourth-order valence-electron chi connectivity index (χ4n) is 3.50. The Bertz CT molecular complexity index is 876. The van der Waals surface area contributed by atoms with Gasteiger partial charge in [0.1, 0.15) is 0 Å². The average Bonchev–Trinajstić information content (AvgIpc) is 2.64. The van der Waals surface area contributed by atoms with Gasteiger partial charge in [0, 0.05) is 11.4 Å². The molecule has 138 valence electrons. The molecule has 7 heteroatoms. The Labute approximate surface area is 151 Å². The zero-order chi connectivity index (χ0) is 18.7. The molecule has 2 N–H and O–H groups in total. The lowest BCUT2D eigenvalue weighted by atomic mass is 9.78. The highest BCUT2D eigenvalue weighted by molar-refractivity contribution is 6.02. The van der Waals surface area contributed by atoms with Crippen LogP contribution >= 0.6 is 0 Å². The summed E-state index contributed by atoms with van der Waals surface area (Å²) in [6.07, 6.45) is 3.20. The van der Waals surface area contributed by atoms with Crippen LogP contribution in [0.2, 0.25) is 0 Å². The normalized spacial score (nSPS) is 22.8. The van der Waals surface area contributed by atoms with Crippen LogP contribution in [0.4, 0.5) is 0 Å². The molecular weight excluding hydrogens is 334 g/mol. The highest BCUT2D eigenvalue weighted by atomic mass is 16.5. The van der Waals surface area contributed by atoms with Gasteiger partial charge in [-0.1, -0.05) is 44.9 Å². The van der Waals surface area contributed by atoms with Crippen molar-refractivity contribution in [3.05, 3.63) is 40.3 Å². The molecule has 0 aliphatic heterocycles. The number of rotatable bonds is 4. The number of nitrogens with one attached hydrogen (secondary N) is 2. The van der Waals surface area contributed by atoms with E-state index < -0.39 is 5.97 Å². The standard InChI is InChI=1S/C19H23N3O4/c1-11-6-5-9-15(12(11)2)20-16(23)10-26-19(25)17-13-7-3-4-8-14(13)18(24)22-21-17/h3-4,7-8,11-12,15H,5-6,9-10H2,1-2H3,(H,20,23)(H,22,24)/t11-,12-,15+/m1/s1. The molecule has 1 aliphatic rings. The smallest absolute Gasteiger partial charge is 0.359 e. The Morgan fingerprint density at radius 3 is 2.73 bits per heavy atom. The van der Waals surface area contributed by atoms with Crippen LogP contribution in [0.5, 0.6) is 0 Å². The second kappa shape index (κ2) is 7.68. The number of hydrogen-bond donors (Lipinski definition) is 2. The Morgan fingerprint density at radius 2 is 1.96 bits per heavy atom. The van der Waals surface area contributed by atoms with E-state index in [0.717, 1.165) is 12.8 Å². The average molecular weight is 357 g/mol. The van der Waals surface area contributed by atoms with Gasteiger partial charge in [-0.05, 0) is 24.3 Å². The molecule has 0 spiro atoms. The van der Waals surface area contributed by atoms with E-state index >= 15 is 0 Å². The molecule has 0 radical (unpaired) electrons. The third-order valence-corrected chi connectivity index (χ3v) is 5.28. The van der Waals surface area contributed by atoms with Crippen LogP contribution in [0.25, 0.3) is 10.8 Å². The molecule has 0 bridgehead atoms. The molecule has 3 atom stereocenters. The zero-order valence-electron chi connectivity index (χ0n) is 15.0. The second-order valence-electron chi connectivity index (χ2n) is 6.96. The maximum Gasteiger partial charge on any atom is 0.359 e. The van der Waals surface area contributed by atoms with Gasteiger partial charge in [0.15, 0.2) is 12.3 Å². The van der Waals surface area contributed by atoms with Gasteiger partial charge in [-0.3, -0.25) is 9.59 Å². The summed E-state index contributed by atoms with van der Waals surface area (Å²) in [5, 5.41) is 9.77. The van der Waals surface area contributed by atoms with Crippen molar-refractivity contribution in [2.45, 2.75) is 39.2 Å². The Kier molecular flexibility index (Phi) is 5.35. The molecule has 1 amide bonds. The SMILES string of the molecule is C[C@@H]1[C@H](C)CCC[C@@H]1NC(=O)COC(=O)c1n[nH]c(=O)c2ccccc12. The topological polar surface area (TPSA) is 101 Å². The third-order valence-electron chi connectivity index (χ3n) is 5.28. The van der Waals surface area contributed by atoms with Crippen LogP contribution in [-0.4, -0.2) is 34.7 Å². The van der Waals surface area contributed by atoms with Gasteiger partial charge in [-0.15, -0.1) is 0 Å². The monoisotopic (exact) mass is 357 g/mol. The first-order valence-corrected chi connectivity index (χ1v) is 8.91. The quantitative estimate of drug-likeness (QED) is 0.815. The molecule has 1 aromatic carbocycles. The fourth-order valence-corrected chi connectivity index (χ4v) is 3.50. The number of benzene rings is 1. The van der Waals surface area contributed by atoms with Crippen LogP contribution in [0.15, 0.2) is 29.1 Å². The highest BCUT2D eigenvalue weighted by Gasteiger charge is 2.28. The first kappa shape index (κ1) is 18.1. The van der Waals surface area contributed by atoms with Crippen molar-refractivity contribution in [2.24, 2.45) is 11.8 Å². The number of esters is 1. The summed E-state index contributed by atoms with van der Waals surface area (Å²) in [6.45, 7) is 3.96. The minimum atomic E-state index is -0.738. The number of aromatic nitrogens is 2. The molecule has 1 saturated carbocycles. The van der Waals surface area contributed by atoms with Crippen LogP contribution in [0.3, 0.4) is 0 Å². The Morgan fingerprint density at radius 1 is 1.23 bits per heavy atom. The van der Waals surface area contributed by atoms with E-state index in [0.29, 0.717) is 22.6 Å². The van der Waals surface area contributed by atoms with E-state index in [-0.39, 0.29) is 29.8 Å². The van der Waals surface area contributed by atoms with Gasteiger partial charge in [-0.25, -0.2) is 9.89 Å². The first-order valence-electron chi connectivity index (χ1n) is 8.91. The van der Waals surface area contributed by atoms with Gasteiger partial charge in [0.25, 0.3) is 11.5 Å². The molecule has 26 heavy (non-hydrogen) atoms. The van der Waals surface area contributed by atoms with E-state index in [1.165, 1.54) is 6.42 Å². The van der Waals surface area contributed by atoms with E-state index in [1.807, 2.05) is 0 Å². The lowest BCUT2D eigenvalue weighted by Gasteiger charge is -2.34. The molecule has 1 fully saturated rings. The van der Waals surface area contributed by atoms with Crippen molar-refractivity contribution in [3.63, 3.8) is 0 Å². The number of carbonyl (C=O) groups excluding carboxylic acids is 2. The number of H-pyrrole nitrogens is 1. The first-order chi connectivity index (χ1) is 12.5. The number of aromatic amines is 1. The van der Waals surface area contributed by atoms with Gasteiger partial charge in [-0.2, -0.15) is 5.10 Å².